The number of aromatic nitrogens is 2. The Morgan fingerprint density at radius 2 is 2.00 bits per heavy atom. The highest BCUT2D eigenvalue weighted by molar-refractivity contribution is 5.92. The molecule has 22 heavy (non-hydrogen) atoms. The summed E-state index contributed by atoms with van der Waals surface area (Å²) in [5.41, 5.74) is 3.57. The van der Waals surface area contributed by atoms with Crippen molar-refractivity contribution in [2.24, 2.45) is 7.05 Å². The van der Waals surface area contributed by atoms with Gasteiger partial charge in [0.25, 0.3) is 0 Å². The molecule has 116 valence electrons. The van der Waals surface area contributed by atoms with Gasteiger partial charge >= 0.3 is 0 Å². The van der Waals surface area contributed by atoms with E-state index in [-0.39, 0.29) is 5.91 Å². The Labute approximate surface area is 129 Å². The highest BCUT2D eigenvalue weighted by Crippen LogP contribution is 2.32. The molecule has 0 aliphatic carbocycles. The molecule has 3 rings (SSSR count). The molecule has 1 aromatic heterocycles. The summed E-state index contributed by atoms with van der Waals surface area (Å²) in [6, 6.07) is 5.41. The molecule has 0 saturated carbocycles. The molecular formula is C16H19N3O3. The van der Waals surface area contributed by atoms with Gasteiger partial charge in [0.15, 0.2) is 11.5 Å². The number of amides is 1. The zero-order valence-electron chi connectivity index (χ0n) is 13.0. The molecule has 0 fully saturated rings. The van der Waals surface area contributed by atoms with Crippen LogP contribution in [-0.2, 0) is 18.3 Å². The summed E-state index contributed by atoms with van der Waals surface area (Å²) in [6.45, 7) is 4.96. The van der Waals surface area contributed by atoms with E-state index in [1.165, 1.54) is 0 Å². The van der Waals surface area contributed by atoms with Crippen LogP contribution in [0.15, 0.2) is 18.2 Å². The molecule has 0 radical (unpaired) electrons. The summed E-state index contributed by atoms with van der Waals surface area (Å²) in [4.78, 5) is 12.2. The van der Waals surface area contributed by atoms with E-state index in [1.807, 2.05) is 33.0 Å². The van der Waals surface area contributed by atoms with E-state index in [0.29, 0.717) is 36.8 Å². The molecule has 0 unspecified atom stereocenters. The van der Waals surface area contributed by atoms with Gasteiger partial charge in [-0.15, -0.1) is 0 Å². The summed E-state index contributed by atoms with van der Waals surface area (Å²) in [7, 11) is 1.88. The Bertz CT molecular complexity index is 722. The second kappa shape index (κ2) is 5.71. The fourth-order valence-electron chi connectivity index (χ4n) is 2.56. The molecule has 1 N–H and O–H groups in total. The van der Waals surface area contributed by atoms with Crippen molar-refractivity contribution >= 4 is 11.6 Å². The molecule has 2 aromatic rings. The van der Waals surface area contributed by atoms with E-state index in [2.05, 4.69) is 10.4 Å². The SMILES string of the molecule is Cc1nn(C)c(C)c1CC(=O)Nc1ccc2c(c1)OCCO2. The smallest absolute Gasteiger partial charge is 0.228 e. The highest BCUT2D eigenvalue weighted by Gasteiger charge is 2.15. The third kappa shape index (κ3) is 2.77. The second-order valence-electron chi connectivity index (χ2n) is 5.36. The molecule has 0 bridgehead atoms. The first-order valence-corrected chi connectivity index (χ1v) is 7.23. The number of hydrogen-bond acceptors (Lipinski definition) is 4. The van der Waals surface area contributed by atoms with Crippen molar-refractivity contribution in [1.82, 2.24) is 9.78 Å². The Kier molecular flexibility index (Phi) is 3.75. The lowest BCUT2D eigenvalue weighted by Gasteiger charge is -2.19. The number of nitrogens with one attached hydrogen (secondary N) is 1. The summed E-state index contributed by atoms with van der Waals surface area (Å²) < 4.78 is 12.8. The van der Waals surface area contributed by atoms with Gasteiger partial charge in [0, 0.05) is 30.1 Å². The highest BCUT2D eigenvalue weighted by atomic mass is 16.6. The predicted molar refractivity (Wildman–Crippen MR) is 82.4 cm³/mol. The molecule has 0 atom stereocenters. The number of fused-ring (bicyclic) bond motifs is 1. The largest absolute Gasteiger partial charge is 0.486 e. The van der Waals surface area contributed by atoms with Crippen molar-refractivity contribution in [3.8, 4) is 11.5 Å². The van der Waals surface area contributed by atoms with Gasteiger partial charge in [-0.3, -0.25) is 9.48 Å². The van der Waals surface area contributed by atoms with Crippen LogP contribution in [0.1, 0.15) is 17.0 Å². The maximum atomic E-state index is 12.2. The lowest BCUT2D eigenvalue weighted by atomic mass is 10.1. The molecule has 0 saturated heterocycles. The zero-order valence-corrected chi connectivity index (χ0v) is 13.0. The van der Waals surface area contributed by atoms with Gasteiger partial charge < -0.3 is 14.8 Å². The Balaban J connectivity index is 1.72. The van der Waals surface area contributed by atoms with Crippen LogP contribution in [0, 0.1) is 13.8 Å². The van der Waals surface area contributed by atoms with E-state index < -0.39 is 0 Å². The summed E-state index contributed by atoms with van der Waals surface area (Å²) in [5.74, 6) is 1.30. The van der Waals surface area contributed by atoms with Gasteiger partial charge in [0.1, 0.15) is 13.2 Å². The number of rotatable bonds is 3. The Hall–Kier alpha value is -2.50. The van der Waals surface area contributed by atoms with Gasteiger partial charge in [-0.05, 0) is 26.0 Å². The zero-order chi connectivity index (χ0) is 15.7. The lowest BCUT2D eigenvalue weighted by Crippen LogP contribution is -2.17. The van der Waals surface area contributed by atoms with E-state index in [9.17, 15) is 4.79 Å². The normalized spacial score (nSPS) is 13.0. The molecular weight excluding hydrogens is 282 g/mol. The summed E-state index contributed by atoms with van der Waals surface area (Å²) >= 11 is 0. The first-order valence-electron chi connectivity index (χ1n) is 7.23. The van der Waals surface area contributed by atoms with Crippen molar-refractivity contribution in [3.63, 3.8) is 0 Å². The molecule has 1 aliphatic heterocycles. The van der Waals surface area contributed by atoms with Crippen molar-refractivity contribution in [2.75, 3.05) is 18.5 Å². The minimum absolute atomic E-state index is 0.0733. The van der Waals surface area contributed by atoms with Crippen molar-refractivity contribution in [2.45, 2.75) is 20.3 Å². The quantitative estimate of drug-likeness (QED) is 0.941. The minimum Gasteiger partial charge on any atom is -0.486 e. The maximum Gasteiger partial charge on any atom is 0.228 e. The van der Waals surface area contributed by atoms with Crippen LogP contribution in [0.2, 0.25) is 0 Å². The molecule has 1 aromatic carbocycles. The molecule has 6 nitrogen and oxygen atoms in total. The Morgan fingerprint density at radius 1 is 1.27 bits per heavy atom. The monoisotopic (exact) mass is 301 g/mol. The number of aryl methyl sites for hydroxylation is 2. The van der Waals surface area contributed by atoms with Crippen LogP contribution in [0.3, 0.4) is 0 Å². The molecule has 6 heteroatoms. The van der Waals surface area contributed by atoms with Gasteiger partial charge in [-0.2, -0.15) is 5.10 Å². The molecule has 1 amide bonds. The summed E-state index contributed by atoms with van der Waals surface area (Å²) in [6.07, 6.45) is 0.306. The van der Waals surface area contributed by atoms with Gasteiger partial charge in [0.05, 0.1) is 12.1 Å². The van der Waals surface area contributed by atoms with Crippen LogP contribution in [0.5, 0.6) is 11.5 Å². The first-order chi connectivity index (χ1) is 10.5. The molecule has 1 aliphatic rings. The third-order valence-corrected chi connectivity index (χ3v) is 3.82. The van der Waals surface area contributed by atoms with Gasteiger partial charge in [0.2, 0.25) is 5.91 Å². The van der Waals surface area contributed by atoms with Gasteiger partial charge in [-0.25, -0.2) is 0 Å². The number of ether oxygens (including phenoxy) is 2. The minimum atomic E-state index is -0.0733. The van der Waals surface area contributed by atoms with Crippen molar-refractivity contribution in [1.29, 1.82) is 0 Å². The number of hydrogen-bond donors (Lipinski definition) is 1. The van der Waals surface area contributed by atoms with Crippen molar-refractivity contribution < 1.29 is 14.3 Å². The first kappa shape index (κ1) is 14.4. The average molecular weight is 301 g/mol. The molecule has 0 spiro atoms. The topological polar surface area (TPSA) is 65.4 Å². The number of anilines is 1. The second-order valence-corrected chi connectivity index (χ2v) is 5.36. The summed E-state index contributed by atoms with van der Waals surface area (Å²) in [5, 5.41) is 7.22. The number of nitrogens with zero attached hydrogens (tertiary/aromatic N) is 2. The number of carbonyl (C=O) groups is 1. The average Bonchev–Trinajstić information content (AvgIpc) is 2.73. The van der Waals surface area contributed by atoms with E-state index in [4.69, 9.17) is 9.47 Å². The van der Waals surface area contributed by atoms with Crippen LogP contribution >= 0.6 is 0 Å². The van der Waals surface area contributed by atoms with Gasteiger partial charge in [-0.1, -0.05) is 0 Å². The van der Waals surface area contributed by atoms with Crippen molar-refractivity contribution in [3.05, 3.63) is 35.2 Å². The van der Waals surface area contributed by atoms with E-state index in [0.717, 1.165) is 17.0 Å². The fourth-order valence-corrected chi connectivity index (χ4v) is 2.56. The third-order valence-electron chi connectivity index (χ3n) is 3.82. The van der Waals surface area contributed by atoms with E-state index >= 15 is 0 Å². The lowest BCUT2D eigenvalue weighted by molar-refractivity contribution is -0.115. The number of carbonyl (C=O) groups excluding carboxylic acids is 1. The standard InChI is InChI=1S/C16H19N3O3/c1-10-13(11(2)19(3)18-10)9-16(20)17-12-4-5-14-15(8-12)22-7-6-21-14/h4-5,8H,6-7,9H2,1-3H3,(H,17,20). The maximum absolute atomic E-state index is 12.2. The van der Waals surface area contributed by atoms with Crippen LogP contribution in [-0.4, -0.2) is 28.9 Å². The number of benzene rings is 1. The van der Waals surface area contributed by atoms with Crippen LogP contribution in [0.4, 0.5) is 5.69 Å². The Morgan fingerprint density at radius 3 is 2.68 bits per heavy atom. The predicted octanol–water partition coefficient (Wildman–Crippen LogP) is 1.99. The molecule has 2 heterocycles. The van der Waals surface area contributed by atoms with E-state index in [1.54, 1.807) is 10.7 Å². The van der Waals surface area contributed by atoms with Crippen LogP contribution in [0.25, 0.3) is 0 Å². The fraction of sp³-hybridized carbons (Fsp3) is 0.375. The van der Waals surface area contributed by atoms with Crippen LogP contribution < -0.4 is 14.8 Å².